The third-order valence-electron chi connectivity index (χ3n) is 3.58. The molecule has 96 valence electrons. The lowest BCUT2D eigenvalue weighted by Crippen LogP contribution is -2.46. The van der Waals surface area contributed by atoms with E-state index < -0.39 is 0 Å². The number of nitrogens with zero attached hydrogens (tertiary/aromatic N) is 2. The van der Waals surface area contributed by atoms with E-state index >= 15 is 0 Å². The molecule has 18 heavy (non-hydrogen) atoms. The highest BCUT2D eigenvalue weighted by Crippen LogP contribution is 2.18. The molecule has 2 rings (SSSR count). The Labute approximate surface area is 109 Å². The van der Waals surface area contributed by atoms with Gasteiger partial charge in [-0.05, 0) is 44.0 Å². The average Bonchev–Trinajstić information content (AvgIpc) is 2.36. The van der Waals surface area contributed by atoms with Crippen LogP contribution in [0, 0.1) is 18.3 Å². The van der Waals surface area contributed by atoms with Gasteiger partial charge in [0.15, 0.2) is 0 Å². The Morgan fingerprint density at radius 3 is 2.89 bits per heavy atom. The monoisotopic (exact) mass is 244 g/mol. The summed E-state index contributed by atoms with van der Waals surface area (Å²) >= 11 is 0. The molecule has 0 aromatic heterocycles. The Kier molecular flexibility index (Phi) is 4.00. The van der Waals surface area contributed by atoms with Crippen molar-refractivity contribution in [3.05, 3.63) is 34.9 Å². The number of ether oxygens (including phenoxy) is 1. The van der Waals surface area contributed by atoms with E-state index in [9.17, 15) is 0 Å². The SMILES string of the molecule is Cc1cc(C#N)ccc1CN1CC(C)OCC1C. The van der Waals surface area contributed by atoms with Gasteiger partial charge in [0.1, 0.15) is 0 Å². The molecule has 0 aliphatic carbocycles. The van der Waals surface area contributed by atoms with Crippen molar-refractivity contribution in [2.75, 3.05) is 13.2 Å². The maximum absolute atomic E-state index is 8.87. The minimum Gasteiger partial charge on any atom is -0.376 e. The first-order chi connectivity index (χ1) is 8.60. The van der Waals surface area contributed by atoms with Crippen LogP contribution < -0.4 is 0 Å². The normalized spacial score (nSPS) is 24.8. The van der Waals surface area contributed by atoms with Crippen molar-refractivity contribution < 1.29 is 4.74 Å². The van der Waals surface area contributed by atoms with Crippen LogP contribution in [0.4, 0.5) is 0 Å². The smallest absolute Gasteiger partial charge is 0.0991 e. The summed E-state index contributed by atoms with van der Waals surface area (Å²) in [6.07, 6.45) is 0.305. The van der Waals surface area contributed by atoms with Gasteiger partial charge >= 0.3 is 0 Å². The van der Waals surface area contributed by atoms with Gasteiger partial charge in [0.25, 0.3) is 0 Å². The molecule has 1 aliphatic heterocycles. The van der Waals surface area contributed by atoms with Crippen molar-refractivity contribution in [3.8, 4) is 6.07 Å². The number of aryl methyl sites for hydroxylation is 1. The number of nitriles is 1. The minimum absolute atomic E-state index is 0.305. The van der Waals surface area contributed by atoms with Crippen LogP contribution >= 0.6 is 0 Å². The summed E-state index contributed by atoms with van der Waals surface area (Å²) in [6, 6.07) is 8.57. The molecule has 0 spiro atoms. The van der Waals surface area contributed by atoms with Crippen molar-refractivity contribution in [1.82, 2.24) is 4.90 Å². The largest absolute Gasteiger partial charge is 0.376 e. The second-order valence-electron chi connectivity index (χ2n) is 5.18. The summed E-state index contributed by atoms with van der Waals surface area (Å²) in [4.78, 5) is 2.45. The van der Waals surface area contributed by atoms with Crippen LogP contribution in [0.5, 0.6) is 0 Å². The quantitative estimate of drug-likeness (QED) is 0.802. The van der Waals surface area contributed by atoms with Gasteiger partial charge in [0.05, 0.1) is 24.3 Å². The van der Waals surface area contributed by atoms with Crippen LogP contribution in [0.15, 0.2) is 18.2 Å². The van der Waals surface area contributed by atoms with E-state index in [0.717, 1.165) is 25.3 Å². The van der Waals surface area contributed by atoms with Crippen molar-refractivity contribution >= 4 is 0 Å². The molecular formula is C15H20N2O. The first-order valence-corrected chi connectivity index (χ1v) is 6.45. The standard InChI is InChI=1S/C15H20N2O/c1-11-6-14(7-16)4-5-15(11)9-17-8-13(3)18-10-12(17)2/h4-6,12-13H,8-10H2,1-3H3. The molecule has 2 unspecified atom stereocenters. The Balaban J connectivity index is 2.11. The summed E-state index contributed by atoms with van der Waals surface area (Å²) in [7, 11) is 0. The molecule has 3 nitrogen and oxygen atoms in total. The molecule has 0 amide bonds. The van der Waals surface area contributed by atoms with Crippen molar-refractivity contribution in [3.63, 3.8) is 0 Å². The molecule has 0 N–H and O–H groups in total. The summed E-state index contributed by atoms with van der Waals surface area (Å²) in [5, 5.41) is 8.87. The Morgan fingerprint density at radius 1 is 1.44 bits per heavy atom. The van der Waals surface area contributed by atoms with Crippen molar-refractivity contribution in [2.45, 2.75) is 39.5 Å². The molecule has 1 fully saturated rings. The minimum atomic E-state index is 0.305. The van der Waals surface area contributed by atoms with Gasteiger partial charge in [-0.1, -0.05) is 6.07 Å². The van der Waals surface area contributed by atoms with Gasteiger partial charge in [0, 0.05) is 19.1 Å². The van der Waals surface area contributed by atoms with Crippen LogP contribution in [-0.4, -0.2) is 30.2 Å². The van der Waals surface area contributed by atoms with E-state index in [1.165, 1.54) is 11.1 Å². The molecule has 2 atom stereocenters. The van der Waals surface area contributed by atoms with Crippen LogP contribution in [0.1, 0.15) is 30.5 Å². The van der Waals surface area contributed by atoms with E-state index in [2.05, 4.69) is 37.8 Å². The van der Waals surface area contributed by atoms with Crippen molar-refractivity contribution in [1.29, 1.82) is 5.26 Å². The first kappa shape index (κ1) is 13.1. The summed E-state index contributed by atoms with van der Waals surface area (Å²) in [5.41, 5.74) is 3.23. The Morgan fingerprint density at radius 2 is 2.22 bits per heavy atom. The third kappa shape index (κ3) is 2.90. The second-order valence-corrected chi connectivity index (χ2v) is 5.18. The molecule has 1 aromatic rings. The lowest BCUT2D eigenvalue weighted by Gasteiger charge is -2.37. The van der Waals surface area contributed by atoms with Gasteiger partial charge < -0.3 is 4.74 Å². The summed E-state index contributed by atoms with van der Waals surface area (Å²) < 4.78 is 5.64. The average molecular weight is 244 g/mol. The van der Waals surface area contributed by atoms with Gasteiger partial charge in [-0.25, -0.2) is 0 Å². The van der Waals surface area contributed by atoms with E-state index in [4.69, 9.17) is 10.00 Å². The van der Waals surface area contributed by atoms with E-state index in [-0.39, 0.29) is 0 Å². The zero-order valence-electron chi connectivity index (χ0n) is 11.3. The van der Waals surface area contributed by atoms with Gasteiger partial charge in [-0.15, -0.1) is 0 Å². The summed E-state index contributed by atoms with van der Waals surface area (Å²) in [5.74, 6) is 0. The first-order valence-electron chi connectivity index (χ1n) is 6.45. The lowest BCUT2D eigenvalue weighted by atomic mass is 10.0. The summed E-state index contributed by atoms with van der Waals surface area (Å²) in [6.45, 7) is 9.10. The number of hydrogen-bond acceptors (Lipinski definition) is 3. The predicted molar refractivity (Wildman–Crippen MR) is 71.2 cm³/mol. The molecular weight excluding hydrogens is 224 g/mol. The molecule has 0 bridgehead atoms. The maximum atomic E-state index is 8.87. The number of hydrogen-bond donors (Lipinski definition) is 0. The second kappa shape index (κ2) is 5.51. The molecule has 3 heteroatoms. The van der Waals surface area contributed by atoms with Gasteiger partial charge in [0.2, 0.25) is 0 Å². The lowest BCUT2D eigenvalue weighted by molar-refractivity contribution is -0.0527. The molecule has 0 saturated carbocycles. The fraction of sp³-hybridized carbons (Fsp3) is 0.533. The van der Waals surface area contributed by atoms with Crippen LogP contribution in [0.2, 0.25) is 0 Å². The molecule has 0 radical (unpaired) electrons. The maximum Gasteiger partial charge on any atom is 0.0991 e. The Bertz CT molecular complexity index is 464. The zero-order chi connectivity index (χ0) is 13.1. The van der Waals surface area contributed by atoms with Crippen LogP contribution in [-0.2, 0) is 11.3 Å². The zero-order valence-corrected chi connectivity index (χ0v) is 11.3. The molecule has 1 heterocycles. The fourth-order valence-corrected chi connectivity index (χ4v) is 2.35. The third-order valence-corrected chi connectivity index (χ3v) is 3.58. The predicted octanol–water partition coefficient (Wildman–Crippen LogP) is 2.48. The topological polar surface area (TPSA) is 36.3 Å². The van der Waals surface area contributed by atoms with Crippen molar-refractivity contribution in [2.24, 2.45) is 0 Å². The number of morpholine rings is 1. The van der Waals surface area contributed by atoms with E-state index in [0.29, 0.717) is 12.1 Å². The van der Waals surface area contributed by atoms with E-state index in [1.54, 1.807) is 0 Å². The highest BCUT2D eigenvalue weighted by atomic mass is 16.5. The Hall–Kier alpha value is -1.37. The fourth-order valence-electron chi connectivity index (χ4n) is 2.35. The number of rotatable bonds is 2. The highest BCUT2D eigenvalue weighted by molar-refractivity contribution is 5.37. The van der Waals surface area contributed by atoms with Gasteiger partial charge in [-0.2, -0.15) is 5.26 Å². The molecule has 1 aromatic carbocycles. The van der Waals surface area contributed by atoms with Crippen LogP contribution in [0.3, 0.4) is 0 Å². The number of benzene rings is 1. The van der Waals surface area contributed by atoms with E-state index in [1.807, 2.05) is 12.1 Å². The molecule has 1 aliphatic rings. The van der Waals surface area contributed by atoms with Gasteiger partial charge in [-0.3, -0.25) is 4.90 Å². The van der Waals surface area contributed by atoms with Crippen LogP contribution in [0.25, 0.3) is 0 Å². The highest BCUT2D eigenvalue weighted by Gasteiger charge is 2.23. The molecule has 1 saturated heterocycles.